The maximum absolute atomic E-state index is 15.3. The molecule has 1 N–H and O–H groups in total. The van der Waals surface area contributed by atoms with Crippen molar-refractivity contribution in [2.75, 3.05) is 9.80 Å². The van der Waals surface area contributed by atoms with E-state index in [0.29, 0.717) is 34.0 Å². The molecule has 6 aromatic rings. The molecule has 4 aromatic carbocycles. The summed E-state index contributed by atoms with van der Waals surface area (Å²) in [5, 5.41) is 18.8. The van der Waals surface area contributed by atoms with Crippen LogP contribution in [-0.2, 0) is 26.2 Å². The molecular weight excluding hydrogens is 812 g/mol. The van der Waals surface area contributed by atoms with E-state index in [2.05, 4.69) is 22.0 Å². The van der Waals surface area contributed by atoms with E-state index in [0.717, 1.165) is 41.5 Å². The molecule has 2 saturated heterocycles. The molecule has 1 saturated carbocycles. The van der Waals surface area contributed by atoms with Crippen LogP contribution < -0.4 is 9.80 Å². The van der Waals surface area contributed by atoms with Gasteiger partial charge in [0.2, 0.25) is 23.6 Å². The maximum atomic E-state index is 15.3. The van der Waals surface area contributed by atoms with Gasteiger partial charge in [-0.25, -0.2) is 4.90 Å². The molecule has 2 aromatic heterocycles. The Kier molecular flexibility index (Phi) is 7.85. The number of aryl methyl sites for hydroxylation is 2. The van der Waals surface area contributed by atoms with E-state index in [1.807, 2.05) is 62.4 Å². The van der Waals surface area contributed by atoms with Gasteiger partial charge in [-0.15, -0.1) is 11.3 Å². The third-order valence-electron chi connectivity index (χ3n) is 12.8. The van der Waals surface area contributed by atoms with Crippen molar-refractivity contribution in [3.05, 3.63) is 117 Å². The molecule has 56 heavy (non-hydrogen) atoms. The lowest BCUT2D eigenvalue weighted by molar-refractivity contribution is -0.131. The van der Waals surface area contributed by atoms with Gasteiger partial charge in [0.05, 0.1) is 33.7 Å². The predicted octanol–water partition coefficient (Wildman–Crippen LogP) is 9.32. The van der Waals surface area contributed by atoms with Crippen LogP contribution in [0.15, 0.2) is 101 Å². The van der Waals surface area contributed by atoms with Crippen LogP contribution in [-0.4, -0.2) is 38.5 Å². The number of allylic oxidation sites excluding steroid dienone is 2. The fourth-order valence-electron chi connectivity index (χ4n) is 10.2. The molecule has 12 heteroatoms. The first-order valence-corrected chi connectivity index (χ1v) is 20.5. The van der Waals surface area contributed by atoms with Gasteiger partial charge in [-0.3, -0.25) is 28.8 Å². The maximum Gasteiger partial charge on any atom is 0.242 e. The van der Waals surface area contributed by atoms with Crippen molar-refractivity contribution in [3.63, 3.8) is 0 Å². The second-order valence-electron chi connectivity index (χ2n) is 15.6. The number of rotatable bonds is 4. The second-order valence-corrected chi connectivity index (χ2v) is 18.0. The SMILES string of the molecule is Cc1c(-c2cc(N3C(=O)C4CC5C(=CCC6C(=O)N(c7ccc(Br)cc7)C(=O)C65)C(c5ccc(O)c6ccccc56)C4(C)C3=O)n(C)n2)sc2ccc(Cl)cc12. The van der Waals surface area contributed by atoms with Crippen LogP contribution in [0.5, 0.6) is 5.75 Å². The minimum Gasteiger partial charge on any atom is -0.507 e. The molecule has 4 heterocycles. The lowest BCUT2D eigenvalue weighted by Crippen LogP contribution is -2.49. The molecular formula is C44H34BrClN4O5S. The van der Waals surface area contributed by atoms with E-state index in [4.69, 9.17) is 16.7 Å². The summed E-state index contributed by atoms with van der Waals surface area (Å²) >= 11 is 11.4. The zero-order valence-corrected chi connectivity index (χ0v) is 33.7. The summed E-state index contributed by atoms with van der Waals surface area (Å²) in [4.78, 5) is 62.5. The van der Waals surface area contributed by atoms with Crippen LogP contribution in [0.3, 0.4) is 0 Å². The molecule has 4 aliphatic rings. The van der Waals surface area contributed by atoms with Gasteiger partial charge in [-0.1, -0.05) is 69.5 Å². The summed E-state index contributed by atoms with van der Waals surface area (Å²) in [5.41, 5.74) is 2.56. The third-order valence-corrected chi connectivity index (χ3v) is 14.9. The Morgan fingerprint density at radius 1 is 0.875 bits per heavy atom. The highest BCUT2D eigenvalue weighted by Gasteiger charge is 2.68. The molecule has 9 nitrogen and oxygen atoms in total. The van der Waals surface area contributed by atoms with Gasteiger partial charge in [0.15, 0.2) is 0 Å². The van der Waals surface area contributed by atoms with Gasteiger partial charge in [0.1, 0.15) is 17.3 Å². The molecule has 0 spiro atoms. The highest BCUT2D eigenvalue weighted by molar-refractivity contribution is 9.10. The summed E-state index contributed by atoms with van der Waals surface area (Å²) in [5.74, 6) is -4.01. The Morgan fingerprint density at radius 2 is 1.62 bits per heavy atom. The predicted molar refractivity (Wildman–Crippen MR) is 221 cm³/mol. The molecule has 6 atom stereocenters. The summed E-state index contributed by atoms with van der Waals surface area (Å²) in [6.45, 7) is 3.89. The number of aromatic hydroxyl groups is 1. The van der Waals surface area contributed by atoms with Gasteiger partial charge in [-0.05, 0) is 103 Å². The van der Waals surface area contributed by atoms with E-state index in [1.165, 1.54) is 9.80 Å². The molecule has 3 fully saturated rings. The van der Waals surface area contributed by atoms with E-state index < -0.39 is 35.0 Å². The Bertz CT molecular complexity index is 2780. The normalized spacial score (nSPS) is 25.9. The Balaban J connectivity index is 1.12. The van der Waals surface area contributed by atoms with Gasteiger partial charge in [0.25, 0.3) is 0 Å². The van der Waals surface area contributed by atoms with Crippen LogP contribution in [0.2, 0.25) is 5.02 Å². The Labute approximate surface area is 339 Å². The Morgan fingerprint density at radius 3 is 2.39 bits per heavy atom. The van der Waals surface area contributed by atoms with Gasteiger partial charge < -0.3 is 5.11 Å². The number of hydrogen-bond acceptors (Lipinski definition) is 7. The monoisotopic (exact) mass is 844 g/mol. The lowest BCUT2D eigenvalue weighted by atomic mass is 9.51. The average Bonchev–Trinajstić information content (AvgIpc) is 3.86. The minimum atomic E-state index is -1.27. The fourth-order valence-corrected chi connectivity index (χ4v) is 11.8. The quantitative estimate of drug-likeness (QED) is 0.140. The molecule has 0 bridgehead atoms. The van der Waals surface area contributed by atoms with Crippen molar-refractivity contribution in [1.82, 2.24) is 9.78 Å². The number of phenolic OH excluding ortho intramolecular Hbond substituents is 1. The number of amides is 4. The van der Waals surface area contributed by atoms with E-state index in [-0.39, 0.29) is 35.8 Å². The minimum absolute atomic E-state index is 0.106. The Hall–Kier alpha value is -5.10. The van der Waals surface area contributed by atoms with Crippen molar-refractivity contribution in [2.45, 2.75) is 32.6 Å². The van der Waals surface area contributed by atoms with E-state index in [1.54, 1.807) is 59.5 Å². The van der Waals surface area contributed by atoms with Crippen molar-refractivity contribution in [2.24, 2.45) is 36.1 Å². The molecule has 0 radical (unpaired) electrons. The van der Waals surface area contributed by atoms with Crippen molar-refractivity contribution in [1.29, 1.82) is 0 Å². The molecule has 2 aliphatic carbocycles. The number of thiophene rings is 1. The first-order chi connectivity index (χ1) is 26.9. The second kappa shape index (κ2) is 12.4. The molecule has 6 unspecified atom stereocenters. The first kappa shape index (κ1) is 35.3. The van der Waals surface area contributed by atoms with Crippen LogP contribution in [0.1, 0.15) is 36.8 Å². The number of aromatic nitrogens is 2. The molecule has 280 valence electrons. The number of hydrogen-bond donors (Lipinski definition) is 1. The zero-order valence-electron chi connectivity index (χ0n) is 30.5. The standard InChI is InChI=1S/C44H34BrClN4O5S/c1-21-30-18-23(46)10-17-35(30)56-39(21)33-20-36(48(3)47-33)50-41(53)32-19-31-28(13-14-29-37(31)42(54)49(40(29)52)24-11-8-22(45)9-12-24)38(44(32,2)43(50)55)27-15-16-34(51)26-7-5-4-6-25(26)27/h4-13,15-18,20,29,31-32,37-38,51H,14,19H2,1-3H3. The zero-order chi connectivity index (χ0) is 38.9. The van der Waals surface area contributed by atoms with Crippen molar-refractivity contribution in [3.8, 4) is 16.3 Å². The number of nitrogens with zero attached hydrogens (tertiary/aromatic N) is 4. The fraction of sp³-hybridized carbons (Fsp3) is 0.250. The average molecular weight is 846 g/mol. The summed E-state index contributed by atoms with van der Waals surface area (Å²) < 4.78 is 3.47. The van der Waals surface area contributed by atoms with Crippen LogP contribution >= 0.6 is 38.9 Å². The van der Waals surface area contributed by atoms with Crippen molar-refractivity contribution < 1.29 is 24.3 Å². The summed E-state index contributed by atoms with van der Waals surface area (Å²) in [7, 11) is 1.74. The number of anilines is 2. The number of phenols is 1. The largest absolute Gasteiger partial charge is 0.507 e. The molecule has 2 aliphatic heterocycles. The van der Waals surface area contributed by atoms with E-state index >= 15 is 9.59 Å². The van der Waals surface area contributed by atoms with Crippen LogP contribution in [0.25, 0.3) is 31.4 Å². The number of imide groups is 2. The van der Waals surface area contributed by atoms with Crippen molar-refractivity contribution >= 4 is 94.9 Å². The molecule has 4 amide bonds. The number of benzene rings is 4. The first-order valence-electron chi connectivity index (χ1n) is 18.5. The number of carbonyl (C=O) groups excluding carboxylic acids is 4. The van der Waals surface area contributed by atoms with Crippen LogP contribution in [0, 0.1) is 36.0 Å². The number of fused-ring (bicyclic) bond motifs is 6. The van der Waals surface area contributed by atoms with Gasteiger partial charge >= 0.3 is 0 Å². The summed E-state index contributed by atoms with van der Waals surface area (Å²) in [6, 6.07) is 25.7. The molecule has 10 rings (SSSR count). The third kappa shape index (κ3) is 4.80. The number of carbonyl (C=O) groups is 4. The highest BCUT2D eigenvalue weighted by Crippen LogP contribution is 2.64. The topological polar surface area (TPSA) is 113 Å². The lowest BCUT2D eigenvalue weighted by Gasteiger charge is -2.49. The van der Waals surface area contributed by atoms with Gasteiger partial charge in [-0.2, -0.15) is 5.10 Å². The van der Waals surface area contributed by atoms with Crippen LogP contribution in [0.4, 0.5) is 11.5 Å². The highest BCUT2D eigenvalue weighted by atomic mass is 79.9. The van der Waals surface area contributed by atoms with E-state index in [9.17, 15) is 14.7 Å². The smallest absolute Gasteiger partial charge is 0.242 e. The van der Waals surface area contributed by atoms with Gasteiger partial charge in [0, 0.05) is 38.6 Å². The number of halogens is 2. The summed E-state index contributed by atoms with van der Waals surface area (Å²) in [6.07, 6.45) is 2.61.